The van der Waals surface area contributed by atoms with E-state index in [1.54, 1.807) is 11.3 Å². The smallest absolute Gasteiger partial charge is 0.161 e. The van der Waals surface area contributed by atoms with Crippen LogP contribution in [0.4, 0.5) is 0 Å². The lowest BCUT2D eigenvalue weighted by Gasteiger charge is -2.13. The summed E-state index contributed by atoms with van der Waals surface area (Å²) in [5.74, 6) is 1.62. The molecule has 2 aromatic rings. The largest absolute Gasteiger partial charge is 0.490 e. The normalized spacial score (nSPS) is 10.7. The third kappa shape index (κ3) is 6.22. The minimum Gasteiger partial charge on any atom is -0.490 e. The molecule has 0 radical (unpaired) electrons. The van der Waals surface area contributed by atoms with Crippen LogP contribution in [0.3, 0.4) is 0 Å². The Kier molecular flexibility index (Phi) is 7.93. The van der Waals surface area contributed by atoms with Crippen LogP contribution in [-0.4, -0.2) is 26.7 Å². The first-order valence-electron chi connectivity index (χ1n) is 8.09. The Morgan fingerprint density at radius 3 is 2.74 bits per heavy atom. The topological polar surface area (TPSA) is 42.5 Å². The second-order valence-electron chi connectivity index (χ2n) is 5.22. The molecule has 2 rings (SSSR count). The molecule has 0 saturated heterocycles. The van der Waals surface area contributed by atoms with E-state index in [-0.39, 0.29) is 0 Å². The molecule has 2 N–H and O–H groups in total. The van der Waals surface area contributed by atoms with Gasteiger partial charge < -0.3 is 20.1 Å². The predicted octanol–water partition coefficient (Wildman–Crippen LogP) is 3.42. The summed E-state index contributed by atoms with van der Waals surface area (Å²) < 4.78 is 11.6. The molecule has 0 aliphatic rings. The van der Waals surface area contributed by atoms with E-state index in [4.69, 9.17) is 9.47 Å². The van der Waals surface area contributed by atoms with E-state index in [1.165, 1.54) is 10.4 Å². The molecule has 0 aliphatic carbocycles. The zero-order valence-electron chi connectivity index (χ0n) is 13.9. The van der Waals surface area contributed by atoms with Gasteiger partial charge in [-0.3, -0.25) is 0 Å². The van der Waals surface area contributed by atoms with Crippen LogP contribution < -0.4 is 20.1 Å². The van der Waals surface area contributed by atoms with Crippen LogP contribution >= 0.6 is 11.3 Å². The maximum Gasteiger partial charge on any atom is 0.161 e. The van der Waals surface area contributed by atoms with Crippen molar-refractivity contribution in [3.05, 3.63) is 46.2 Å². The molecule has 5 heteroatoms. The van der Waals surface area contributed by atoms with Gasteiger partial charge in [-0.25, -0.2) is 0 Å². The lowest BCUT2D eigenvalue weighted by Crippen LogP contribution is -2.19. The molecule has 0 bridgehead atoms. The number of ether oxygens (including phenoxy) is 2. The zero-order valence-corrected chi connectivity index (χ0v) is 14.7. The Balaban J connectivity index is 1.91. The summed E-state index contributed by atoms with van der Waals surface area (Å²) in [6, 6.07) is 10.3. The average molecular weight is 334 g/mol. The van der Waals surface area contributed by atoms with Crippen LogP contribution in [0.15, 0.2) is 35.7 Å². The second kappa shape index (κ2) is 10.3. The van der Waals surface area contributed by atoms with E-state index in [0.29, 0.717) is 13.2 Å². The highest BCUT2D eigenvalue weighted by molar-refractivity contribution is 7.09. The average Bonchev–Trinajstić information content (AvgIpc) is 3.08. The molecular formula is C18H26N2O2S. The second-order valence-corrected chi connectivity index (χ2v) is 6.25. The van der Waals surface area contributed by atoms with E-state index in [0.717, 1.165) is 37.6 Å². The van der Waals surface area contributed by atoms with Crippen molar-refractivity contribution in [3.8, 4) is 11.5 Å². The summed E-state index contributed by atoms with van der Waals surface area (Å²) in [5, 5.41) is 8.66. The maximum absolute atomic E-state index is 5.90. The first-order valence-corrected chi connectivity index (χ1v) is 8.97. The molecule has 1 aromatic heterocycles. The minimum absolute atomic E-state index is 0.583. The number of hydrogen-bond acceptors (Lipinski definition) is 5. The lowest BCUT2D eigenvalue weighted by molar-refractivity contribution is 0.271. The quantitative estimate of drug-likeness (QED) is 0.618. The van der Waals surface area contributed by atoms with Gasteiger partial charge >= 0.3 is 0 Å². The minimum atomic E-state index is 0.583. The third-order valence-electron chi connectivity index (χ3n) is 3.37. The van der Waals surface area contributed by atoms with Gasteiger partial charge in [0.25, 0.3) is 0 Å². The maximum atomic E-state index is 5.90. The highest BCUT2D eigenvalue weighted by Crippen LogP contribution is 2.29. The first-order chi connectivity index (χ1) is 11.3. The first kappa shape index (κ1) is 17.8. The summed E-state index contributed by atoms with van der Waals surface area (Å²) in [4.78, 5) is 1.21. The zero-order chi connectivity index (χ0) is 16.3. The Hall–Kier alpha value is -1.56. The van der Waals surface area contributed by atoms with E-state index in [2.05, 4.69) is 34.2 Å². The molecule has 0 spiro atoms. The Labute approximate surface area is 142 Å². The summed E-state index contributed by atoms with van der Waals surface area (Å²) in [5.41, 5.74) is 1.21. The van der Waals surface area contributed by atoms with Gasteiger partial charge in [-0.1, -0.05) is 12.1 Å². The van der Waals surface area contributed by atoms with Crippen molar-refractivity contribution >= 4 is 11.3 Å². The Morgan fingerprint density at radius 2 is 2.00 bits per heavy atom. The number of hydrogen-bond donors (Lipinski definition) is 2. The van der Waals surface area contributed by atoms with Gasteiger partial charge in [0.15, 0.2) is 11.5 Å². The SMILES string of the molecule is CCOc1cc(CNCCCNC)ccc1OCc1cccs1. The van der Waals surface area contributed by atoms with Crippen LogP contribution in [0, 0.1) is 0 Å². The molecule has 4 nitrogen and oxygen atoms in total. The lowest BCUT2D eigenvalue weighted by atomic mass is 10.2. The van der Waals surface area contributed by atoms with Gasteiger partial charge in [-0.05, 0) is 62.6 Å². The molecule has 0 atom stereocenters. The van der Waals surface area contributed by atoms with Crippen LogP contribution in [0.2, 0.25) is 0 Å². The van der Waals surface area contributed by atoms with Crippen molar-refractivity contribution in [2.75, 3.05) is 26.7 Å². The van der Waals surface area contributed by atoms with Crippen LogP contribution in [-0.2, 0) is 13.2 Å². The Morgan fingerprint density at radius 1 is 1.09 bits per heavy atom. The number of benzene rings is 1. The number of rotatable bonds is 11. The molecule has 126 valence electrons. The van der Waals surface area contributed by atoms with Crippen molar-refractivity contribution in [2.24, 2.45) is 0 Å². The van der Waals surface area contributed by atoms with Crippen molar-refractivity contribution < 1.29 is 9.47 Å². The van der Waals surface area contributed by atoms with Crippen molar-refractivity contribution in [3.63, 3.8) is 0 Å². The molecule has 0 unspecified atom stereocenters. The van der Waals surface area contributed by atoms with Gasteiger partial charge in [0.05, 0.1) is 6.61 Å². The molecule has 1 heterocycles. The van der Waals surface area contributed by atoms with E-state index >= 15 is 0 Å². The summed E-state index contributed by atoms with van der Waals surface area (Å²) in [7, 11) is 1.98. The third-order valence-corrected chi connectivity index (χ3v) is 4.22. The van der Waals surface area contributed by atoms with Crippen molar-refractivity contribution in [1.82, 2.24) is 10.6 Å². The fourth-order valence-corrected chi connectivity index (χ4v) is 2.83. The van der Waals surface area contributed by atoms with Crippen LogP contribution in [0.1, 0.15) is 23.8 Å². The van der Waals surface area contributed by atoms with Crippen LogP contribution in [0.5, 0.6) is 11.5 Å². The van der Waals surface area contributed by atoms with Crippen LogP contribution in [0.25, 0.3) is 0 Å². The summed E-state index contributed by atoms with van der Waals surface area (Å²) in [6.45, 7) is 6.09. The van der Waals surface area contributed by atoms with Crippen molar-refractivity contribution in [2.45, 2.75) is 26.5 Å². The number of nitrogens with one attached hydrogen (secondary N) is 2. The molecule has 0 aliphatic heterocycles. The van der Waals surface area contributed by atoms with E-state index in [9.17, 15) is 0 Å². The molecule has 0 amide bonds. The van der Waals surface area contributed by atoms with Gasteiger partial charge in [-0.15, -0.1) is 11.3 Å². The van der Waals surface area contributed by atoms with Crippen molar-refractivity contribution in [1.29, 1.82) is 0 Å². The molecular weight excluding hydrogens is 308 g/mol. The molecule has 1 aromatic carbocycles. The highest BCUT2D eigenvalue weighted by atomic mass is 32.1. The fourth-order valence-electron chi connectivity index (χ4n) is 2.22. The molecule has 0 saturated carbocycles. The summed E-state index contributed by atoms with van der Waals surface area (Å²) >= 11 is 1.70. The van der Waals surface area contributed by atoms with E-state index < -0.39 is 0 Å². The highest BCUT2D eigenvalue weighted by Gasteiger charge is 2.07. The summed E-state index contributed by atoms with van der Waals surface area (Å²) in [6.07, 6.45) is 1.12. The van der Waals surface area contributed by atoms with Gasteiger partial charge in [0.2, 0.25) is 0 Å². The van der Waals surface area contributed by atoms with Gasteiger partial charge in [-0.2, -0.15) is 0 Å². The standard InChI is InChI=1S/C18H26N2O2S/c1-3-21-18-12-15(13-20-10-5-9-19-2)7-8-17(18)22-14-16-6-4-11-23-16/h4,6-8,11-12,19-20H,3,5,9-10,13-14H2,1-2H3. The van der Waals surface area contributed by atoms with Gasteiger partial charge in [0, 0.05) is 11.4 Å². The fraction of sp³-hybridized carbons (Fsp3) is 0.444. The molecule has 0 fully saturated rings. The predicted molar refractivity (Wildman–Crippen MR) is 96.5 cm³/mol. The van der Waals surface area contributed by atoms with E-state index in [1.807, 2.05) is 26.1 Å². The molecule has 23 heavy (non-hydrogen) atoms. The van der Waals surface area contributed by atoms with Gasteiger partial charge in [0.1, 0.15) is 6.61 Å². The number of thiophene rings is 1. The monoisotopic (exact) mass is 334 g/mol. The Bertz CT molecular complexity index is 558.